The molecule has 3 N–H and O–H groups in total. The molecule has 0 aromatic heterocycles. The van der Waals surface area contributed by atoms with E-state index in [1.165, 1.54) is 6.92 Å². The first-order valence-electron chi connectivity index (χ1n) is 3.95. The van der Waals surface area contributed by atoms with E-state index in [1.807, 2.05) is 0 Å². The molecule has 1 atom stereocenters. The van der Waals surface area contributed by atoms with Crippen molar-refractivity contribution < 1.29 is 14.6 Å². The second-order valence-electron chi connectivity index (χ2n) is 2.78. The fraction of sp³-hybridized carbons (Fsp3) is 0.222. The predicted molar refractivity (Wildman–Crippen MR) is 56.3 cm³/mol. The van der Waals surface area contributed by atoms with Crippen LogP contribution in [0.2, 0.25) is 0 Å². The van der Waals surface area contributed by atoms with Gasteiger partial charge in [0.15, 0.2) is 6.10 Å². The van der Waals surface area contributed by atoms with Crippen LogP contribution in [0.5, 0.6) is 5.75 Å². The monoisotopic (exact) mass is 259 g/mol. The van der Waals surface area contributed by atoms with E-state index in [4.69, 9.17) is 15.6 Å². The van der Waals surface area contributed by atoms with Crippen molar-refractivity contribution in [1.29, 1.82) is 0 Å². The van der Waals surface area contributed by atoms with Gasteiger partial charge in [0.2, 0.25) is 0 Å². The molecule has 1 rings (SSSR count). The molecule has 0 heterocycles. The van der Waals surface area contributed by atoms with E-state index in [0.717, 1.165) is 4.47 Å². The normalized spacial score (nSPS) is 12.1. The zero-order chi connectivity index (χ0) is 10.7. The molecule has 0 amide bonds. The summed E-state index contributed by atoms with van der Waals surface area (Å²) in [5, 5.41) is 8.61. The van der Waals surface area contributed by atoms with Gasteiger partial charge < -0.3 is 15.6 Å². The van der Waals surface area contributed by atoms with Crippen LogP contribution in [0.4, 0.5) is 5.69 Å². The van der Waals surface area contributed by atoms with Crippen LogP contribution in [-0.4, -0.2) is 17.2 Å². The van der Waals surface area contributed by atoms with Gasteiger partial charge >= 0.3 is 5.97 Å². The number of benzene rings is 1. The summed E-state index contributed by atoms with van der Waals surface area (Å²) in [4.78, 5) is 10.5. The van der Waals surface area contributed by atoms with Crippen LogP contribution >= 0.6 is 15.9 Å². The smallest absolute Gasteiger partial charge is 0.344 e. The number of carboxylic acids is 1. The first-order chi connectivity index (χ1) is 6.50. The summed E-state index contributed by atoms with van der Waals surface area (Å²) in [6.07, 6.45) is -0.904. The van der Waals surface area contributed by atoms with Crippen molar-refractivity contribution in [2.24, 2.45) is 0 Å². The summed E-state index contributed by atoms with van der Waals surface area (Å²) in [6.45, 7) is 1.45. The SMILES string of the molecule is CC(Oc1ccc(Br)cc1N)C(=O)O. The number of rotatable bonds is 3. The minimum absolute atomic E-state index is 0.378. The fourth-order valence-electron chi connectivity index (χ4n) is 0.868. The first kappa shape index (κ1) is 10.8. The maximum Gasteiger partial charge on any atom is 0.344 e. The molecule has 5 heteroatoms. The van der Waals surface area contributed by atoms with Crippen molar-refractivity contribution in [3.8, 4) is 5.75 Å². The number of ether oxygens (including phenoxy) is 1. The minimum atomic E-state index is -1.02. The molecule has 76 valence electrons. The van der Waals surface area contributed by atoms with Gasteiger partial charge in [-0.1, -0.05) is 15.9 Å². The largest absolute Gasteiger partial charge is 0.479 e. The van der Waals surface area contributed by atoms with Crippen LogP contribution in [0.25, 0.3) is 0 Å². The molecular weight excluding hydrogens is 250 g/mol. The van der Waals surface area contributed by atoms with Gasteiger partial charge in [0.05, 0.1) is 5.69 Å². The predicted octanol–water partition coefficient (Wildman–Crippen LogP) is 1.88. The fourth-order valence-corrected chi connectivity index (χ4v) is 1.25. The van der Waals surface area contributed by atoms with Gasteiger partial charge in [0, 0.05) is 4.47 Å². The van der Waals surface area contributed by atoms with Crippen molar-refractivity contribution in [2.75, 3.05) is 5.73 Å². The highest BCUT2D eigenvalue weighted by Gasteiger charge is 2.13. The Bertz CT molecular complexity index is 354. The van der Waals surface area contributed by atoms with Gasteiger partial charge in [-0.2, -0.15) is 0 Å². The lowest BCUT2D eigenvalue weighted by Crippen LogP contribution is -2.23. The summed E-state index contributed by atoms with van der Waals surface area (Å²) in [5.41, 5.74) is 6.03. The number of carboxylic acid groups (broad SMARTS) is 1. The van der Waals surface area contributed by atoms with Crippen molar-refractivity contribution in [2.45, 2.75) is 13.0 Å². The third kappa shape index (κ3) is 2.63. The molecule has 0 saturated heterocycles. The summed E-state index contributed by atoms with van der Waals surface area (Å²) < 4.78 is 5.94. The number of nitrogens with two attached hydrogens (primary N) is 1. The van der Waals surface area contributed by atoms with E-state index < -0.39 is 12.1 Å². The summed E-state index contributed by atoms with van der Waals surface area (Å²) >= 11 is 3.24. The third-order valence-corrected chi connectivity index (χ3v) is 2.12. The Balaban J connectivity index is 2.82. The number of hydrogen-bond acceptors (Lipinski definition) is 3. The highest BCUT2D eigenvalue weighted by atomic mass is 79.9. The highest BCUT2D eigenvalue weighted by Crippen LogP contribution is 2.25. The Labute approximate surface area is 89.8 Å². The summed E-state index contributed by atoms with van der Waals surface area (Å²) in [7, 11) is 0. The molecule has 0 bridgehead atoms. The maximum absolute atomic E-state index is 10.5. The van der Waals surface area contributed by atoms with E-state index in [2.05, 4.69) is 15.9 Å². The minimum Gasteiger partial charge on any atom is -0.479 e. The summed E-state index contributed by atoms with van der Waals surface area (Å²) in [6, 6.07) is 5.02. The molecule has 1 aromatic rings. The lowest BCUT2D eigenvalue weighted by atomic mass is 10.3. The molecule has 0 aliphatic heterocycles. The van der Waals surface area contributed by atoms with Gasteiger partial charge in [-0.3, -0.25) is 0 Å². The lowest BCUT2D eigenvalue weighted by molar-refractivity contribution is -0.144. The molecule has 0 spiro atoms. The van der Waals surface area contributed by atoms with Gasteiger partial charge in [-0.15, -0.1) is 0 Å². The van der Waals surface area contributed by atoms with Crippen LogP contribution in [0.3, 0.4) is 0 Å². The second-order valence-corrected chi connectivity index (χ2v) is 3.70. The zero-order valence-electron chi connectivity index (χ0n) is 7.53. The molecule has 1 unspecified atom stereocenters. The van der Waals surface area contributed by atoms with Crippen LogP contribution in [0.15, 0.2) is 22.7 Å². The number of hydrogen-bond donors (Lipinski definition) is 2. The molecule has 0 radical (unpaired) electrons. The van der Waals surface area contributed by atoms with Crippen LogP contribution in [0, 0.1) is 0 Å². The van der Waals surface area contributed by atoms with Gasteiger partial charge in [0.1, 0.15) is 5.75 Å². The van der Waals surface area contributed by atoms with Crippen LogP contribution in [0.1, 0.15) is 6.92 Å². The van der Waals surface area contributed by atoms with E-state index in [9.17, 15) is 4.79 Å². The van der Waals surface area contributed by atoms with E-state index in [1.54, 1.807) is 18.2 Å². The van der Waals surface area contributed by atoms with Gasteiger partial charge in [0.25, 0.3) is 0 Å². The van der Waals surface area contributed by atoms with Crippen molar-refractivity contribution in [3.05, 3.63) is 22.7 Å². The average molecular weight is 260 g/mol. The van der Waals surface area contributed by atoms with Crippen molar-refractivity contribution >= 4 is 27.6 Å². The van der Waals surface area contributed by atoms with E-state index in [0.29, 0.717) is 11.4 Å². The van der Waals surface area contributed by atoms with Crippen molar-refractivity contribution in [1.82, 2.24) is 0 Å². The van der Waals surface area contributed by atoms with Crippen LogP contribution < -0.4 is 10.5 Å². The molecule has 4 nitrogen and oxygen atoms in total. The van der Waals surface area contributed by atoms with Gasteiger partial charge in [-0.25, -0.2) is 4.79 Å². The van der Waals surface area contributed by atoms with E-state index >= 15 is 0 Å². The Morgan fingerprint density at radius 2 is 2.29 bits per heavy atom. The number of nitrogen functional groups attached to an aromatic ring is 1. The average Bonchev–Trinajstić information content (AvgIpc) is 2.09. The lowest BCUT2D eigenvalue weighted by Gasteiger charge is -2.12. The number of halogens is 1. The highest BCUT2D eigenvalue weighted by molar-refractivity contribution is 9.10. The second kappa shape index (κ2) is 4.32. The molecule has 0 aliphatic rings. The topological polar surface area (TPSA) is 72.5 Å². The van der Waals surface area contributed by atoms with Gasteiger partial charge in [-0.05, 0) is 25.1 Å². The zero-order valence-corrected chi connectivity index (χ0v) is 9.11. The maximum atomic E-state index is 10.5. The Kier molecular flexibility index (Phi) is 3.35. The first-order valence-corrected chi connectivity index (χ1v) is 4.74. The third-order valence-electron chi connectivity index (χ3n) is 1.62. The Hall–Kier alpha value is -1.23. The molecular formula is C9H10BrNO3. The number of aliphatic carboxylic acids is 1. The molecule has 14 heavy (non-hydrogen) atoms. The van der Waals surface area contributed by atoms with Crippen molar-refractivity contribution in [3.63, 3.8) is 0 Å². The summed E-state index contributed by atoms with van der Waals surface area (Å²) in [5.74, 6) is -0.643. The quantitative estimate of drug-likeness (QED) is 0.814. The Morgan fingerprint density at radius 1 is 1.64 bits per heavy atom. The molecule has 0 saturated carbocycles. The number of carbonyl (C=O) groups is 1. The number of anilines is 1. The Morgan fingerprint density at radius 3 is 2.79 bits per heavy atom. The van der Waals surface area contributed by atoms with E-state index in [-0.39, 0.29) is 0 Å². The molecule has 1 aromatic carbocycles. The molecule has 0 fully saturated rings. The molecule has 0 aliphatic carbocycles. The standard InChI is InChI=1S/C9H10BrNO3/c1-5(9(12)13)14-8-3-2-6(10)4-7(8)11/h2-5H,11H2,1H3,(H,12,13). The van der Waals surface area contributed by atoms with Crippen LogP contribution in [-0.2, 0) is 4.79 Å².